The van der Waals surface area contributed by atoms with Crippen molar-refractivity contribution < 1.29 is 0 Å². The van der Waals surface area contributed by atoms with Gasteiger partial charge in [0.15, 0.2) is 0 Å². The molecule has 0 heterocycles. The van der Waals surface area contributed by atoms with Gasteiger partial charge in [-0.1, -0.05) is 63.2 Å². The maximum Gasteiger partial charge on any atom is 0.0514 e. The standard InChI is InChI=1S/C15H20N2/c1-15(2,3)14(17-16)13-10-6-8-11-7-4-5-9-12(11)13/h4-10,14,17H,16H2,1-3H3. The van der Waals surface area contributed by atoms with Crippen LogP contribution in [-0.2, 0) is 0 Å². The van der Waals surface area contributed by atoms with E-state index in [9.17, 15) is 0 Å². The molecule has 17 heavy (non-hydrogen) atoms. The molecule has 0 aliphatic rings. The average molecular weight is 228 g/mol. The molecule has 0 aliphatic carbocycles. The molecule has 0 amide bonds. The Morgan fingerprint density at radius 2 is 1.65 bits per heavy atom. The van der Waals surface area contributed by atoms with E-state index in [-0.39, 0.29) is 11.5 Å². The summed E-state index contributed by atoms with van der Waals surface area (Å²) in [4.78, 5) is 0. The maximum atomic E-state index is 5.73. The number of rotatable bonds is 2. The molecule has 2 aromatic carbocycles. The number of hydrogen-bond acceptors (Lipinski definition) is 2. The highest BCUT2D eigenvalue weighted by molar-refractivity contribution is 5.86. The van der Waals surface area contributed by atoms with E-state index in [1.807, 2.05) is 0 Å². The van der Waals surface area contributed by atoms with Crippen LogP contribution in [-0.4, -0.2) is 0 Å². The van der Waals surface area contributed by atoms with Gasteiger partial charge in [-0.25, -0.2) is 0 Å². The van der Waals surface area contributed by atoms with Crippen LogP contribution in [0.5, 0.6) is 0 Å². The minimum atomic E-state index is 0.0822. The molecule has 0 saturated carbocycles. The van der Waals surface area contributed by atoms with E-state index in [1.54, 1.807) is 0 Å². The Kier molecular flexibility index (Phi) is 3.18. The zero-order chi connectivity index (χ0) is 12.5. The smallest absolute Gasteiger partial charge is 0.0514 e. The van der Waals surface area contributed by atoms with E-state index in [4.69, 9.17) is 5.84 Å². The summed E-state index contributed by atoms with van der Waals surface area (Å²) in [6.07, 6.45) is 0. The second kappa shape index (κ2) is 4.47. The predicted octanol–water partition coefficient (Wildman–Crippen LogP) is 3.39. The monoisotopic (exact) mass is 228 g/mol. The largest absolute Gasteiger partial charge is 0.271 e. The molecule has 1 atom stereocenters. The molecule has 0 radical (unpaired) electrons. The van der Waals surface area contributed by atoms with Crippen LogP contribution in [0, 0.1) is 5.41 Å². The summed E-state index contributed by atoms with van der Waals surface area (Å²) in [5.41, 5.74) is 4.29. The highest BCUT2D eigenvalue weighted by Crippen LogP contribution is 2.35. The van der Waals surface area contributed by atoms with Gasteiger partial charge in [-0.15, -0.1) is 0 Å². The van der Waals surface area contributed by atoms with Gasteiger partial charge in [0.05, 0.1) is 6.04 Å². The summed E-state index contributed by atoms with van der Waals surface area (Å²) < 4.78 is 0. The van der Waals surface area contributed by atoms with Gasteiger partial charge in [0.1, 0.15) is 0 Å². The fourth-order valence-corrected chi connectivity index (χ4v) is 2.31. The van der Waals surface area contributed by atoms with Crippen molar-refractivity contribution in [3.8, 4) is 0 Å². The van der Waals surface area contributed by atoms with Crippen molar-refractivity contribution >= 4 is 10.8 Å². The Bertz CT molecular complexity index is 506. The summed E-state index contributed by atoms with van der Waals surface area (Å²) in [5, 5.41) is 2.53. The molecular weight excluding hydrogens is 208 g/mol. The summed E-state index contributed by atoms with van der Waals surface area (Å²) in [6.45, 7) is 6.58. The van der Waals surface area contributed by atoms with Crippen LogP contribution in [0.15, 0.2) is 42.5 Å². The highest BCUT2D eigenvalue weighted by atomic mass is 15.2. The molecule has 0 bridgehead atoms. The van der Waals surface area contributed by atoms with Crippen LogP contribution in [0.4, 0.5) is 0 Å². The number of hydrogen-bond donors (Lipinski definition) is 2. The molecule has 2 aromatic rings. The molecule has 2 heteroatoms. The Hall–Kier alpha value is -1.38. The fraction of sp³-hybridized carbons (Fsp3) is 0.333. The molecule has 0 saturated heterocycles. The Morgan fingerprint density at radius 1 is 1.00 bits per heavy atom. The average Bonchev–Trinajstić information content (AvgIpc) is 2.28. The number of nitrogens with two attached hydrogens (primary N) is 1. The first-order valence-electron chi connectivity index (χ1n) is 5.98. The number of hydrazine groups is 1. The first kappa shape index (κ1) is 12.1. The van der Waals surface area contributed by atoms with Crippen molar-refractivity contribution in [2.24, 2.45) is 11.3 Å². The van der Waals surface area contributed by atoms with Crippen LogP contribution in [0.1, 0.15) is 32.4 Å². The molecule has 3 N–H and O–H groups in total. The quantitative estimate of drug-likeness (QED) is 0.611. The van der Waals surface area contributed by atoms with E-state index in [2.05, 4.69) is 68.7 Å². The molecule has 90 valence electrons. The second-order valence-electron chi connectivity index (χ2n) is 5.53. The maximum absolute atomic E-state index is 5.73. The molecule has 0 spiro atoms. The van der Waals surface area contributed by atoms with Gasteiger partial charge in [-0.3, -0.25) is 11.3 Å². The second-order valence-corrected chi connectivity index (χ2v) is 5.53. The zero-order valence-electron chi connectivity index (χ0n) is 10.7. The number of fused-ring (bicyclic) bond motifs is 1. The molecule has 2 nitrogen and oxygen atoms in total. The van der Waals surface area contributed by atoms with Crippen molar-refractivity contribution in [2.75, 3.05) is 0 Å². The fourth-order valence-electron chi connectivity index (χ4n) is 2.31. The first-order chi connectivity index (χ1) is 8.04. The van der Waals surface area contributed by atoms with Crippen molar-refractivity contribution in [1.29, 1.82) is 0 Å². The topological polar surface area (TPSA) is 38.0 Å². The SMILES string of the molecule is CC(C)(C)C(NN)c1cccc2ccccc12. The van der Waals surface area contributed by atoms with E-state index >= 15 is 0 Å². The lowest BCUT2D eigenvalue weighted by Crippen LogP contribution is -2.36. The summed E-state index contributed by atoms with van der Waals surface area (Å²) in [6, 6.07) is 14.9. The van der Waals surface area contributed by atoms with E-state index < -0.39 is 0 Å². The minimum Gasteiger partial charge on any atom is -0.271 e. The lowest BCUT2D eigenvalue weighted by Gasteiger charge is -2.31. The van der Waals surface area contributed by atoms with Crippen molar-refractivity contribution in [3.05, 3.63) is 48.0 Å². The molecule has 2 rings (SSSR count). The van der Waals surface area contributed by atoms with Crippen LogP contribution >= 0.6 is 0 Å². The van der Waals surface area contributed by atoms with Crippen molar-refractivity contribution in [2.45, 2.75) is 26.8 Å². The third-order valence-corrected chi connectivity index (χ3v) is 3.17. The number of benzene rings is 2. The van der Waals surface area contributed by atoms with Gasteiger partial charge in [-0.05, 0) is 21.8 Å². The lowest BCUT2D eigenvalue weighted by molar-refractivity contribution is 0.277. The number of nitrogens with one attached hydrogen (secondary N) is 1. The van der Waals surface area contributed by atoms with Crippen LogP contribution in [0.25, 0.3) is 10.8 Å². The van der Waals surface area contributed by atoms with E-state index in [1.165, 1.54) is 16.3 Å². The van der Waals surface area contributed by atoms with Gasteiger partial charge >= 0.3 is 0 Å². The Morgan fingerprint density at radius 3 is 2.29 bits per heavy atom. The zero-order valence-corrected chi connectivity index (χ0v) is 10.7. The summed E-state index contributed by atoms with van der Waals surface area (Å²) in [5.74, 6) is 5.73. The third-order valence-electron chi connectivity index (χ3n) is 3.17. The van der Waals surface area contributed by atoms with Crippen LogP contribution in [0.3, 0.4) is 0 Å². The Balaban J connectivity index is 2.62. The van der Waals surface area contributed by atoms with E-state index in [0.29, 0.717) is 0 Å². The lowest BCUT2D eigenvalue weighted by atomic mass is 9.81. The minimum absolute atomic E-state index is 0.0822. The van der Waals surface area contributed by atoms with Gasteiger partial charge in [0.2, 0.25) is 0 Å². The molecule has 0 aliphatic heterocycles. The van der Waals surface area contributed by atoms with Crippen molar-refractivity contribution in [3.63, 3.8) is 0 Å². The normalized spacial score (nSPS) is 13.9. The van der Waals surface area contributed by atoms with Gasteiger partial charge in [0, 0.05) is 0 Å². The third kappa shape index (κ3) is 2.33. The summed E-state index contributed by atoms with van der Waals surface area (Å²) >= 11 is 0. The highest BCUT2D eigenvalue weighted by Gasteiger charge is 2.26. The van der Waals surface area contributed by atoms with E-state index in [0.717, 1.165) is 0 Å². The Labute approximate surface area is 103 Å². The molecule has 0 fully saturated rings. The van der Waals surface area contributed by atoms with Gasteiger partial charge in [-0.2, -0.15) is 0 Å². The molecule has 1 unspecified atom stereocenters. The van der Waals surface area contributed by atoms with Gasteiger partial charge < -0.3 is 0 Å². The predicted molar refractivity (Wildman–Crippen MR) is 73.5 cm³/mol. The molecule has 0 aromatic heterocycles. The van der Waals surface area contributed by atoms with Crippen molar-refractivity contribution in [1.82, 2.24) is 5.43 Å². The molecular formula is C15H20N2. The van der Waals surface area contributed by atoms with Gasteiger partial charge in [0.25, 0.3) is 0 Å². The first-order valence-corrected chi connectivity index (χ1v) is 5.98. The van der Waals surface area contributed by atoms with Crippen LogP contribution < -0.4 is 11.3 Å². The summed E-state index contributed by atoms with van der Waals surface area (Å²) in [7, 11) is 0. The van der Waals surface area contributed by atoms with Crippen LogP contribution in [0.2, 0.25) is 0 Å².